The molecule has 106 valence electrons. The Labute approximate surface area is 125 Å². The van der Waals surface area contributed by atoms with E-state index in [1.54, 1.807) is 6.07 Å². The van der Waals surface area contributed by atoms with Crippen molar-refractivity contribution in [1.29, 1.82) is 0 Å². The fraction of sp³-hybridized carbons (Fsp3) is 0.455. The molecule has 5 nitrogen and oxygen atoms in total. The van der Waals surface area contributed by atoms with E-state index in [0.29, 0.717) is 30.5 Å². The highest BCUT2D eigenvalue weighted by molar-refractivity contribution is 9.10. The summed E-state index contributed by atoms with van der Waals surface area (Å²) in [5, 5.41) is 5.40. The minimum absolute atomic E-state index is 0.110. The van der Waals surface area contributed by atoms with E-state index in [1.807, 2.05) is 0 Å². The minimum atomic E-state index is -3.90. The molecule has 0 aliphatic carbocycles. The normalized spacial score (nSPS) is 17.4. The Morgan fingerprint density at radius 3 is 2.58 bits per heavy atom. The average Bonchev–Trinajstić information content (AvgIpc) is 2.32. The lowest BCUT2D eigenvalue weighted by molar-refractivity contribution is 0.0244. The van der Waals surface area contributed by atoms with E-state index in [1.165, 1.54) is 6.07 Å². The third-order valence-electron chi connectivity index (χ3n) is 2.73. The molecular formula is C11H13BrClNO4S. The summed E-state index contributed by atoms with van der Waals surface area (Å²) in [6.45, 7) is 1.17. The topological polar surface area (TPSA) is 78.6 Å². The van der Waals surface area contributed by atoms with Gasteiger partial charge in [0.1, 0.15) is 11.0 Å². The molecule has 1 fully saturated rings. The molecule has 1 aromatic rings. The molecule has 19 heavy (non-hydrogen) atoms. The fourth-order valence-electron chi connectivity index (χ4n) is 1.82. The van der Waals surface area contributed by atoms with E-state index in [2.05, 4.69) is 15.9 Å². The van der Waals surface area contributed by atoms with E-state index in [9.17, 15) is 8.42 Å². The highest BCUT2D eigenvalue weighted by Crippen LogP contribution is 2.36. The summed E-state index contributed by atoms with van der Waals surface area (Å²) < 4.78 is 34.6. The zero-order valence-electron chi connectivity index (χ0n) is 9.93. The van der Waals surface area contributed by atoms with Crippen molar-refractivity contribution < 1.29 is 17.9 Å². The lowest BCUT2D eigenvalue weighted by Crippen LogP contribution is -2.27. The maximum absolute atomic E-state index is 11.6. The van der Waals surface area contributed by atoms with Crippen LogP contribution in [0, 0.1) is 0 Å². The molecule has 1 aliphatic rings. The molecule has 0 radical (unpaired) electrons. The number of nitrogens with two attached hydrogens (primary N) is 1. The Balaban J connectivity index is 2.37. The highest BCUT2D eigenvalue weighted by Gasteiger charge is 2.23. The van der Waals surface area contributed by atoms with Gasteiger partial charge in [0, 0.05) is 17.3 Å². The van der Waals surface area contributed by atoms with Crippen LogP contribution in [0.15, 0.2) is 21.5 Å². The van der Waals surface area contributed by atoms with Gasteiger partial charge >= 0.3 is 0 Å². The molecule has 1 aliphatic heterocycles. The number of benzene rings is 1. The maximum Gasteiger partial charge on any atom is 0.241 e. The van der Waals surface area contributed by atoms with Gasteiger partial charge in [0.2, 0.25) is 10.0 Å². The largest absolute Gasteiger partial charge is 0.487 e. The summed E-state index contributed by atoms with van der Waals surface area (Å²) >= 11 is 9.24. The number of rotatable bonds is 3. The Hall–Kier alpha value is -0.340. The molecule has 0 amide bonds. The van der Waals surface area contributed by atoms with Crippen molar-refractivity contribution in [3.05, 3.63) is 21.6 Å². The van der Waals surface area contributed by atoms with E-state index in [-0.39, 0.29) is 21.8 Å². The van der Waals surface area contributed by atoms with Crippen LogP contribution in [0.4, 0.5) is 0 Å². The first kappa shape index (κ1) is 15.1. The van der Waals surface area contributed by atoms with Crippen LogP contribution in [0.25, 0.3) is 0 Å². The van der Waals surface area contributed by atoms with E-state index in [4.69, 9.17) is 26.2 Å². The molecule has 0 atom stereocenters. The number of hydrogen-bond donors (Lipinski definition) is 1. The van der Waals surface area contributed by atoms with Crippen molar-refractivity contribution in [1.82, 2.24) is 0 Å². The van der Waals surface area contributed by atoms with E-state index in [0.717, 1.165) is 0 Å². The second-order valence-electron chi connectivity index (χ2n) is 4.19. The van der Waals surface area contributed by atoms with Crippen molar-refractivity contribution in [2.45, 2.75) is 23.8 Å². The van der Waals surface area contributed by atoms with Gasteiger partial charge in [0.25, 0.3) is 0 Å². The van der Waals surface area contributed by atoms with Crippen LogP contribution in [0.2, 0.25) is 5.02 Å². The quantitative estimate of drug-likeness (QED) is 0.885. The highest BCUT2D eigenvalue weighted by atomic mass is 79.9. The lowest BCUT2D eigenvalue weighted by atomic mass is 10.1. The summed E-state index contributed by atoms with van der Waals surface area (Å²) in [4.78, 5) is -0.113. The number of primary sulfonamides is 1. The standard InChI is InChI=1S/C11H13BrClNO4S/c12-7-5-9(13)11(10(6-7)19(14,15)16)18-8-1-3-17-4-2-8/h5-6,8H,1-4H2,(H2,14,15,16). The molecule has 1 aromatic carbocycles. The first-order valence-corrected chi connectivity index (χ1v) is 8.36. The maximum atomic E-state index is 11.6. The molecule has 0 spiro atoms. The number of halogens is 2. The van der Waals surface area contributed by atoms with Crippen LogP contribution in [0.1, 0.15) is 12.8 Å². The Morgan fingerprint density at radius 2 is 2.00 bits per heavy atom. The van der Waals surface area contributed by atoms with Crippen LogP contribution in [-0.4, -0.2) is 27.7 Å². The van der Waals surface area contributed by atoms with Gasteiger partial charge in [-0.25, -0.2) is 13.6 Å². The molecule has 1 saturated heterocycles. The van der Waals surface area contributed by atoms with Crippen LogP contribution in [0.5, 0.6) is 5.75 Å². The second kappa shape index (κ2) is 5.97. The SMILES string of the molecule is NS(=O)(=O)c1cc(Br)cc(Cl)c1OC1CCOCC1. The van der Waals surface area contributed by atoms with Gasteiger partial charge in [0.15, 0.2) is 5.75 Å². The average molecular weight is 371 g/mol. The predicted molar refractivity (Wildman–Crippen MR) is 75.0 cm³/mol. The Bertz CT molecular complexity index is 572. The molecule has 0 bridgehead atoms. The summed E-state index contributed by atoms with van der Waals surface area (Å²) in [5.41, 5.74) is 0. The summed E-state index contributed by atoms with van der Waals surface area (Å²) in [5.74, 6) is 0.110. The van der Waals surface area contributed by atoms with Gasteiger partial charge < -0.3 is 9.47 Å². The second-order valence-corrected chi connectivity index (χ2v) is 7.04. The zero-order valence-corrected chi connectivity index (χ0v) is 13.1. The number of sulfonamides is 1. The van der Waals surface area contributed by atoms with E-state index >= 15 is 0 Å². The van der Waals surface area contributed by atoms with Crippen LogP contribution < -0.4 is 9.88 Å². The summed E-state index contributed by atoms with van der Waals surface area (Å²) in [6, 6.07) is 2.96. The molecule has 1 heterocycles. The number of hydrogen-bond acceptors (Lipinski definition) is 4. The first-order chi connectivity index (χ1) is 8.88. The predicted octanol–water partition coefficient (Wildman–Crippen LogP) is 2.31. The van der Waals surface area contributed by atoms with Crippen molar-refractivity contribution >= 4 is 37.6 Å². The van der Waals surface area contributed by atoms with Gasteiger partial charge in [-0.05, 0) is 12.1 Å². The molecule has 0 aromatic heterocycles. The summed E-state index contributed by atoms with van der Waals surface area (Å²) in [7, 11) is -3.90. The first-order valence-electron chi connectivity index (χ1n) is 5.64. The van der Waals surface area contributed by atoms with Crippen LogP contribution >= 0.6 is 27.5 Å². The van der Waals surface area contributed by atoms with Gasteiger partial charge in [0.05, 0.1) is 18.2 Å². The van der Waals surface area contributed by atoms with Gasteiger partial charge in [-0.1, -0.05) is 27.5 Å². The Morgan fingerprint density at radius 1 is 1.37 bits per heavy atom. The van der Waals surface area contributed by atoms with Gasteiger partial charge in [-0.15, -0.1) is 0 Å². The molecule has 0 saturated carbocycles. The third kappa shape index (κ3) is 3.82. The zero-order chi connectivity index (χ0) is 14.0. The fourth-order valence-corrected chi connectivity index (χ4v) is 3.59. The van der Waals surface area contributed by atoms with Crippen molar-refractivity contribution in [2.24, 2.45) is 5.14 Å². The van der Waals surface area contributed by atoms with Crippen LogP contribution in [0.3, 0.4) is 0 Å². The van der Waals surface area contributed by atoms with Crippen molar-refractivity contribution in [2.75, 3.05) is 13.2 Å². The van der Waals surface area contributed by atoms with Crippen LogP contribution in [-0.2, 0) is 14.8 Å². The van der Waals surface area contributed by atoms with E-state index < -0.39 is 10.0 Å². The molecule has 0 unspecified atom stereocenters. The smallest absolute Gasteiger partial charge is 0.241 e. The number of ether oxygens (including phenoxy) is 2. The molecule has 2 rings (SSSR count). The van der Waals surface area contributed by atoms with Gasteiger partial charge in [-0.3, -0.25) is 0 Å². The van der Waals surface area contributed by atoms with Crippen molar-refractivity contribution in [3.8, 4) is 5.75 Å². The monoisotopic (exact) mass is 369 g/mol. The van der Waals surface area contributed by atoms with Crippen molar-refractivity contribution in [3.63, 3.8) is 0 Å². The minimum Gasteiger partial charge on any atom is -0.487 e. The molecule has 8 heteroatoms. The third-order valence-corrected chi connectivity index (χ3v) is 4.39. The lowest BCUT2D eigenvalue weighted by Gasteiger charge is -2.24. The van der Waals surface area contributed by atoms with Gasteiger partial charge in [-0.2, -0.15) is 0 Å². The molecule has 2 N–H and O–H groups in total. The molecular weight excluding hydrogens is 358 g/mol. The summed E-state index contributed by atoms with van der Waals surface area (Å²) in [6.07, 6.45) is 1.26. The Kier molecular flexibility index (Phi) is 4.73.